The maximum absolute atomic E-state index is 12.9. The number of rotatable bonds is 4. The molecule has 2 N–H and O–H groups in total. The van der Waals surface area contributed by atoms with Gasteiger partial charge in [0.1, 0.15) is 16.4 Å². The SMILES string of the molecule is CNC1C=CCC2CN(c3nc(C)c4c(=O)c(C(=O)O)cn(C5CC5)c4c3Cl)CC21. The van der Waals surface area contributed by atoms with E-state index in [0.29, 0.717) is 45.3 Å². The minimum absolute atomic E-state index is 0.178. The predicted octanol–water partition coefficient (Wildman–Crippen LogP) is 2.99. The van der Waals surface area contributed by atoms with Crippen molar-refractivity contribution in [2.24, 2.45) is 11.8 Å². The number of aromatic carboxylic acids is 1. The van der Waals surface area contributed by atoms with Gasteiger partial charge in [0.15, 0.2) is 0 Å². The Morgan fingerprint density at radius 1 is 1.33 bits per heavy atom. The smallest absolute Gasteiger partial charge is 0.341 e. The van der Waals surface area contributed by atoms with Crippen LogP contribution in [0.4, 0.5) is 5.82 Å². The highest BCUT2D eigenvalue weighted by Gasteiger charge is 2.39. The Morgan fingerprint density at radius 2 is 2.10 bits per heavy atom. The maximum Gasteiger partial charge on any atom is 0.341 e. The van der Waals surface area contributed by atoms with Gasteiger partial charge in [-0.2, -0.15) is 0 Å². The molecule has 0 bridgehead atoms. The van der Waals surface area contributed by atoms with Gasteiger partial charge >= 0.3 is 5.97 Å². The van der Waals surface area contributed by atoms with Gasteiger partial charge in [-0.1, -0.05) is 23.8 Å². The molecule has 1 aliphatic heterocycles. The average molecular weight is 429 g/mol. The van der Waals surface area contributed by atoms with Crippen LogP contribution < -0.4 is 15.6 Å². The standard InChI is InChI=1S/C22H25ClN4O3/c1-11-17-19(27(13-6-7-13)10-15(20(17)28)22(29)30)18(23)21(25-11)26-8-12-4-3-5-16(24-2)14(12)9-26/h3,5,10,12-14,16,24H,4,6-9H2,1-2H3,(H,29,30). The van der Waals surface area contributed by atoms with Gasteiger partial charge in [-0.25, -0.2) is 9.78 Å². The molecule has 0 amide bonds. The molecule has 158 valence electrons. The zero-order chi connectivity index (χ0) is 21.2. The molecule has 3 unspecified atom stereocenters. The first-order valence-corrected chi connectivity index (χ1v) is 10.9. The third-order valence-electron chi connectivity index (χ3n) is 6.81. The van der Waals surface area contributed by atoms with Crippen molar-refractivity contribution in [3.63, 3.8) is 0 Å². The second-order valence-electron chi connectivity index (χ2n) is 8.68. The van der Waals surface area contributed by atoms with Crippen LogP contribution in [0.2, 0.25) is 5.02 Å². The Hall–Kier alpha value is -2.38. The Labute approximate surface area is 179 Å². The van der Waals surface area contributed by atoms with Gasteiger partial charge in [0.2, 0.25) is 5.43 Å². The summed E-state index contributed by atoms with van der Waals surface area (Å²) in [6.45, 7) is 3.48. The highest BCUT2D eigenvalue weighted by molar-refractivity contribution is 6.37. The summed E-state index contributed by atoms with van der Waals surface area (Å²) in [7, 11) is 1.99. The third kappa shape index (κ3) is 2.94. The number of pyridine rings is 2. The summed E-state index contributed by atoms with van der Waals surface area (Å²) in [5.74, 6) is 0.489. The number of nitrogens with zero attached hydrogens (tertiary/aromatic N) is 3. The lowest BCUT2D eigenvalue weighted by molar-refractivity contribution is 0.0695. The molecule has 0 spiro atoms. The summed E-state index contributed by atoms with van der Waals surface area (Å²) in [4.78, 5) is 31.5. The van der Waals surface area contributed by atoms with Crippen LogP contribution in [0.15, 0.2) is 23.1 Å². The van der Waals surface area contributed by atoms with E-state index in [1.165, 1.54) is 6.20 Å². The van der Waals surface area contributed by atoms with E-state index in [-0.39, 0.29) is 11.6 Å². The second-order valence-corrected chi connectivity index (χ2v) is 9.06. The van der Waals surface area contributed by atoms with Crippen molar-refractivity contribution < 1.29 is 9.90 Å². The summed E-state index contributed by atoms with van der Waals surface area (Å²) in [6, 6.07) is 0.509. The first-order chi connectivity index (χ1) is 14.4. The highest BCUT2D eigenvalue weighted by Crippen LogP contribution is 2.43. The van der Waals surface area contributed by atoms with Crippen molar-refractivity contribution in [3.05, 3.63) is 44.9 Å². The monoisotopic (exact) mass is 428 g/mol. The number of allylic oxidation sites excluding steroid dienone is 1. The maximum atomic E-state index is 12.9. The van der Waals surface area contributed by atoms with Crippen LogP contribution in [-0.4, -0.2) is 46.8 Å². The normalized spacial score (nSPS) is 25.7. The summed E-state index contributed by atoms with van der Waals surface area (Å²) in [5.41, 5.74) is 0.417. The Bertz CT molecular complexity index is 1140. The molecule has 2 aliphatic carbocycles. The molecule has 2 aromatic heterocycles. The van der Waals surface area contributed by atoms with E-state index in [0.717, 1.165) is 32.4 Å². The number of carbonyl (C=O) groups is 1. The zero-order valence-electron chi connectivity index (χ0n) is 17.1. The van der Waals surface area contributed by atoms with Gasteiger partial charge in [-0.05, 0) is 39.2 Å². The highest BCUT2D eigenvalue weighted by atomic mass is 35.5. The second kappa shape index (κ2) is 7.10. The van der Waals surface area contributed by atoms with Crippen LogP contribution in [0.3, 0.4) is 0 Å². The number of aryl methyl sites for hydroxylation is 1. The molecule has 8 heteroatoms. The van der Waals surface area contributed by atoms with E-state index < -0.39 is 11.4 Å². The number of anilines is 1. The van der Waals surface area contributed by atoms with E-state index in [1.807, 2.05) is 11.6 Å². The fraction of sp³-hybridized carbons (Fsp3) is 0.500. The van der Waals surface area contributed by atoms with Gasteiger partial charge in [0.05, 0.1) is 16.6 Å². The van der Waals surface area contributed by atoms with E-state index in [1.54, 1.807) is 6.92 Å². The fourth-order valence-electron chi connectivity index (χ4n) is 5.14. The van der Waals surface area contributed by atoms with Crippen molar-refractivity contribution in [2.45, 2.75) is 38.3 Å². The minimum Gasteiger partial charge on any atom is -0.477 e. The van der Waals surface area contributed by atoms with Crippen molar-refractivity contribution in [3.8, 4) is 0 Å². The van der Waals surface area contributed by atoms with Crippen LogP contribution in [-0.2, 0) is 0 Å². The first kappa shape index (κ1) is 19.6. The topological polar surface area (TPSA) is 87.5 Å². The molecule has 3 atom stereocenters. The lowest BCUT2D eigenvalue weighted by Crippen LogP contribution is -2.38. The lowest BCUT2D eigenvalue weighted by atomic mass is 9.82. The number of aromatic nitrogens is 2. The fourth-order valence-corrected chi connectivity index (χ4v) is 5.50. The Kier molecular flexibility index (Phi) is 4.63. The Balaban J connectivity index is 1.66. The Morgan fingerprint density at radius 3 is 2.77 bits per heavy atom. The summed E-state index contributed by atoms with van der Waals surface area (Å²) >= 11 is 6.90. The van der Waals surface area contributed by atoms with Gasteiger partial charge < -0.3 is 19.9 Å². The molecule has 1 saturated carbocycles. The van der Waals surface area contributed by atoms with Crippen LogP contribution >= 0.6 is 11.6 Å². The summed E-state index contributed by atoms with van der Waals surface area (Å²) in [6.07, 6.45) is 8.89. The molecule has 3 heterocycles. The molecule has 2 aromatic rings. The van der Waals surface area contributed by atoms with E-state index >= 15 is 0 Å². The molecule has 0 aromatic carbocycles. The van der Waals surface area contributed by atoms with Crippen molar-refractivity contribution >= 4 is 34.3 Å². The lowest BCUT2D eigenvalue weighted by Gasteiger charge is -2.28. The molecule has 1 saturated heterocycles. The molecule has 7 nitrogen and oxygen atoms in total. The first-order valence-electron chi connectivity index (χ1n) is 10.5. The van der Waals surface area contributed by atoms with Crippen LogP contribution in [0.1, 0.15) is 41.4 Å². The molecular formula is C22H25ClN4O3. The molecule has 5 rings (SSSR count). The number of nitrogens with one attached hydrogen (secondary N) is 1. The van der Waals surface area contributed by atoms with Crippen LogP contribution in [0, 0.1) is 18.8 Å². The van der Waals surface area contributed by atoms with Gasteiger partial charge in [0, 0.05) is 37.3 Å². The van der Waals surface area contributed by atoms with Crippen molar-refractivity contribution in [2.75, 3.05) is 25.0 Å². The van der Waals surface area contributed by atoms with Gasteiger partial charge in [0.25, 0.3) is 0 Å². The van der Waals surface area contributed by atoms with E-state index in [4.69, 9.17) is 16.6 Å². The van der Waals surface area contributed by atoms with E-state index in [2.05, 4.69) is 22.4 Å². The number of hydrogen-bond donors (Lipinski definition) is 2. The average Bonchev–Trinajstić information content (AvgIpc) is 3.47. The zero-order valence-corrected chi connectivity index (χ0v) is 17.8. The van der Waals surface area contributed by atoms with E-state index in [9.17, 15) is 14.7 Å². The predicted molar refractivity (Wildman–Crippen MR) is 117 cm³/mol. The van der Waals surface area contributed by atoms with Crippen LogP contribution in [0.25, 0.3) is 10.9 Å². The molecular weight excluding hydrogens is 404 g/mol. The van der Waals surface area contributed by atoms with Crippen molar-refractivity contribution in [1.29, 1.82) is 0 Å². The van der Waals surface area contributed by atoms with Gasteiger partial charge in [-0.3, -0.25) is 4.79 Å². The summed E-state index contributed by atoms with van der Waals surface area (Å²) in [5, 5.41) is 13.7. The van der Waals surface area contributed by atoms with Gasteiger partial charge in [-0.15, -0.1) is 0 Å². The molecule has 30 heavy (non-hydrogen) atoms. The minimum atomic E-state index is -1.22. The number of hydrogen-bond acceptors (Lipinski definition) is 5. The molecule has 0 radical (unpaired) electrons. The number of carboxylic acids is 1. The molecule has 2 fully saturated rings. The summed E-state index contributed by atoms with van der Waals surface area (Å²) < 4.78 is 1.89. The van der Waals surface area contributed by atoms with Crippen molar-refractivity contribution in [1.82, 2.24) is 14.9 Å². The third-order valence-corrected chi connectivity index (χ3v) is 7.16. The number of halogens is 1. The number of carboxylic acid groups (broad SMARTS) is 1. The largest absolute Gasteiger partial charge is 0.477 e. The van der Waals surface area contributed by atoms with Crippen LogP contribution in [0.5, 0.6) is 0 Å². The quantitative estimate of drug-likeness (QED) is 0.728. The number of fused-ring (bicyclic) bond motifs is 2. The molecule has 3 aliphatic rings. The number of likely N-dealkylation sites (N-methyl/N-ethyl adjacent to an activating group) is 1.